The molecular formula is C20H25FN2O3S. The molecule has 0 fully saturated rings. The van der Waals surface area contributed by atoms with Crippen molar-refractivity contribution in [2.24, 2.45) is 0 Å². The number of nitrogens with one attached hydrogen (secondary N) is 1. The Bertz CT molecular complexity index is 944. The molecule has 0 saturated carbocycles. The highest BCUT2D eigenvalue weighted by molar-refractivity contribution is 7.92. The van der Waals surface area contributed by atoms with E-state index < -0.39 is 27.8 Å². The van der Waals surface area contributed by atoms with E-state index in [2.05, 4.69) is 5.32 Å². The Morgan fingerprint density at radius 3 is 2.30 bits per heavy atom. The molecule has 0 aliphatic carbocycles. The summed E-state index contributed by atoms with van der Waals surface area (Å²) in [6, 6.07) is 9.98. The third-order valence-corrected chi connectivity index (χ3v) is 5.66. The van der Waals surface area contributed by atoms with Crippen LogP contribution in [0.2, 0.25) is 0 Å². The molecule has 0 heterocycles. The first-order valence-corrected chi connectivity index (χ1v) is 10.5. The number of benzene rings is 2. The van der Waals surface area contributed by atoms with Crippen LogP contribution < -0.4 is 9.62 Å². The SMILES string of the molecule is Cc1ccc([C@H](C)NC(=O)[C@@H](C)N(c2ccccc2F)S(C)(=O)=O)c(C)c1. The number of hydrogen-bond acceptors (Lipinski definition) is 3. The van der Waals surface area contributed by atoms with Crippen LogP contribution in [0, 0.1) is 19.7 Å². The van der Waals surface area contributed by atoms with Crippen molar-refractivity contribution in [1.29, 1.82) is 0 Å². The highest BCUT2D eigenvalue weighted by Gasteiger charge is 2.31. The molecule has 2 atom stereocenters. The second-order valence-electron chi connectivity index (χ2n) is 6.78. The van der Waals surface area contributed by atoms with Gasteiger partial charge in [-0.3, -0.25) is 9.10 Å². The molecule has 0 saturated heterocycles. The Morgan fingerprint density at radius 2 is 1.74 bits per heavy atom. The first-order valence-electron chi connectivity index (χ1n) is 8.64. The zero-order valence-corrected chi connectivity index (χ0v) is 17.0. The fourth-order valence-electron chi connectivity index (χ4n) is 3.13. The number of sulfonamides is 1. The minimum atomic E-state index is -3.87. The molecule has 2 aromatic carbocycles. The summed E-state index contributed by atoms with van der Waals surface area (Å²) in [4.78, 5) is 12.7. The van der Waals surface area contributed by atoms with E-state index in [0.717, 1.165) is 33.3 Å². The highest BCUT2D eigenvalue weighted by Crippen LogP contribution is 2.25. The molecule has 0 bridgehead atoms. The molecule has 0 aliphatic rings. The maximum atomic E-state index is 14.2. The third kappa shape index (κ3) is 4.86. The number of rotatable bonds is 6. The topological polar surface area (TPSA) is 66.5 Å². The summed E-state index contributed by atoms with van der Waals surface area (Å²) in [5, 5.41) is 2.83. The summed E-state index contributed by atoms with van der Waals surface area (Å²) in [5.41, 5.74) is 2.94. The lowest BCUT2D eigenvalue weighted by Gasteiger charge is -2.29. The van der Waals surface area contributed by atoms with Crippen LogP contribution in [0.15, 0.2) is 42.5 Å². The van der Waals surface area contributed by atoms with Gasteiger partial charge in [-0.15, -0.1) is 0 Å². The Labute approximate surface area is 160 Å². The zero-order valence-electron chi connectivity index (χ0n) is 16.2. The van der Waals surface area contributed by atoms with Gasteiger partial charge < -0.3 is 5.32 Å². The first-order chi connectivity index (χ1) is 12.5. The molecule has 2 rings (SSSR count). The van der Waals surface area contributed by atoms with E-state index in [1.165, 1.54) is 25.1 Å². The van der Waals surface area contributed by atoms with Crippen LogP contribution in [0.1, 0.15) is 36.6 Å². The molecule has 0 spiro atoms. The molecule has 5 nitrogen and oxygen atoms in total. The lowest BCUT2D eigenvalue weighted by molar-refractivity contribution is -0.122. The van der Waals surface area contributed by atoms with E-state index >= 15 is 0 Å². The van der Waals surface area contributed by atoms with Gasteiger partial charge in [0.1, 0.15) is 11.9 Å². The van der Waals surface area contributed by atoms with Crippen LogP contribution >= 0.6 is 0 Å². The van der Waals surface area contributed by atoms with Crippen LogP contribution in [0.3, 0.4) is 0 Å². The molecule has 1 amide bonds. The first kappa shape index (κ1) is 20.9. The number of aryl methyl sites for hydroxylation is 2. The van der Waals surface area contributed by atoms with E-state index in [9.17, 15) is 17.6 Å². The van der Waals surface area contributed by atoms with Crippen molar-refractivity contribution in [3.05, 3.63) is 65.0 Å². The Morgan fingerprint density at radius 1 is 1.11 bits per heavy atom. The maximum Gasteiger partial charge on any atom is 0.244 e. The van der Waals surface area contributed by atoms with E-state index in [-0.39, 0.29) is 11.7 Å². The van der Waals surface area contributed by atoms with E-state index in [1.807, 2.05) is 39.0 Å². The Kier molecular flexibility index (Phi) is 6.26. The van der Waals surface area contributed by atoms with E-state index in [1.54, 1.807) is 0 Å². The summed E-state index contributed by atoms with van der Waals surface area (Å²) in [6.45, 7) is 7.21. The fraction of sp³-hybridized carbons (Fsp3) is 0.350. The smallest absolute Gasteiger partial charge is 0.244 e. The van der Waals surface area contributed by atoms with Gasteiger partial charge in [-0.25, -0.2) is 12.8 Å². The van der Waals surface area contributed by atoms with Crippen molar-refractivity contribution < 1.29 is 17.6 Å². The van der Waals surface area contributed by atoms with Crippen LogP contribution in [-0.4, -0.2) is 26.6 Å². The summed E-state index contributed by atoms with van der Waals surface area (Å²) >= 11 is 0. The number of carbonyl (C=O) groups excluding carboxylic acids is 1. The minimum absolute atomic E-state index is 0.151. The molecule has 27 heavy (non-hydrogen) atoms. The average molecular weight is 392 g/mol. The molecular weight excluding hydrogens is 367 g/mol. The second-order valence-corrected chi connectivity index (χ2v) is 8.64. The lowest BCUT2D eigenvalue weighted by atomic mass is 10.00. The van der Waals surface area contributed by atoms with Crippen LogP contribution in [0.5, 0.6) is 0 Å². The van der Waals surface area contributed by atoms with Crippen molar-refractivity contribution >= 4 is 21.6 Å². The number of amides is 1. The van der Waals surface area contributed by atoms with Crippen molar-refractivity contribution in [2.45, 2.75) is 39.8 Å². The van der Waals surface area contributed by atoms with Crippen LogP contribution in [0.25, 0.3) is 0 Å². The van der Waals surface area contributed by atoms with Gasteiger partial charge in [0.05, 0.1) is 18.0 Å². The quantitative estimate of drug-likeness (QED) is 0.819. The van der Waals surface area contributed by atoms with Crippen molar-refractivity contribution in [1.82, 2.24) is 5.32 Å². The van der Waals surface area contributed by atoms with Gasteiger partial charge >= 0.3 is 0 Å². The second kappa shape index (κ2) is 8.08. The molecule has 0 unspecified atom stereocenters. The monoisotopic (exact) mass is 392 g/mol. The number of carbonyl (C=O) groups is 1. The number of hydrogen-bond donors (Lipinski definition) is 1. The van der Waals surface area contributed by atoms with E-state index in [4.69, 9.17) is 0 Å². The normalized spacial score (nSPS) is 13.7. The molecule has 2 aromatic rings. The van der Waals surface area contributed by atoms with Gasteiger partial charge in [0.15, 0.2) is 0 Å². The summed E-state index contributed by atoms with van der Waals surface area (Å²) in [7, 11) is -3.87. The predicted molar refractivity (Wildman–Crippen MR) is 106 cm³/mol. The largest absolute Gasteiger partial charge is 0.348 e. The Hall–Kier alpha value is -2.41. The predicted octanol–water partition coefficient (Wildman–Crippen LogP) is 3.47. The molecule has 7 heteroatoms. The number of para-hydroxylation sites is 1. The van der Waals surface area contributed by atoms with Crippen molar-refractivity contribution in [3.8, 4) is 0 Å². The van der Waals surface area contributed by atoms with Gasteiger partial charge in [-0.2, -0.15) is 0 Å². The maximum absolute atomic E-state index is 14.2. The lowest BCUT2D eigenvalue weighted by Crippen LogP contribution is -2.48. The Balaban J connectivity index is 2.29. The molecule has 0 aliphatic heterocycles. The van der Waals surface area contributed by atoms with Crippen LogP contribution in [0.4, 0.5) is 10.1 Å². The minimum Gasteiger partial charge on any atom is -0.348 e. The number of halogens is 1. The molecule has 0 radical (unpaired) electrons. The summed E-state index contributed by atoms with van der Waals surface area (Å²) in [6.07, 6.45) is 0.955. The van der Waals surface area contributed by atoms with Gasteiger partial charge in [-0.05, 0) is 51.0 Å². The molecule has 0 aromatic heterocycles. The summed E-state index contributed by atoms with van der Waals surface area (Å²) in [5.74, 6) is -1.21. The van der Waals surface area contributed by atoms with Gasteiger partial charge in [0.2, 0.25) is 15.9 Å². The molecule has 1 N–H and O–H groups in total. The van der Waals surface area contributed by atoms with Crippen molar-refractivity contribution in [3.63, 3.8) is 0 Å². The highest BCUT2D eigenvalue weighted by atomic mass is 32.2. The van der Waals surface area contributed by atoms with Crippen molar-refractivity contribution in [2.75, 3.05) is 10.6 Å². The number of anilines is 1. The van der Waals surface area contributed by atoms with Gasteiger partial charge in [0, 0.05) is 0 Å². The third-order valence-electron chi connectivity index (χ3n) is 4.43. The van der Waals surface area contributed by atoms with Gasteiger partial charge in [-0.1, -0.05) is 35.9 Å². The number of nitrogens with zero attached hydrogens (tertiary/aromatic N) is 1. The fourth-order valence-corrected chi connectivity index (χ4v) is 4.31. The van der Waals surface area contributed by atoms with Crippen LogP contribution in [-0.2, 0) is 14.8 Å². The summed E-state index contributed by atoms with van der Waals surface area (Å²) < 4.78 is 39.5. The zero-order chi connectivity index (χ0) is 20.4. The average Bonchev–Trinajstić information content (AvgIpc) is 2.55. The van der Waals surface area contributed by atoms with E-state index in [0.29, 0.717) is 0 Å². The van der Waals surface area contributed by atoms with Gasteiger partial charge in [0.25, 0.3) is 0 Å². The molecule has 146 valence electrons. The standard InChI is InChI=1S/C20H25FN2O3S/c1-13-10-11-17(14(2)12-13)15(3)22-20(24)16(4)23(27(5,25)26)19-9-7-6-8-18(19)21/h6-12,15-16H,1-5H3,(H,22,24)/t15-,16+/m0/s1.